The second-order valence-electron chi connectivity index (χ2n) is 10.3. The standard InChI is InChI=1S/C29H38N2O2S/c1-2-23-13-15-31(19-27(23)32-20-22-14-16-34-21-22)18-26-17-30-29(33-26)28(24-9-5-3-6-10-24)25-11-7-4-8-12-25/h3,5-6,9-10,14,16-17,21,23,25,27-28H,2,4,7-8,11-13,15,18-20H2,1H3/p+1. The molecule has 5 heteroatoms. The highest BCUT2D eigenvalue weighted by Gasteiger charge is 2.34. The molecule has 4 nitrogen and oxygen atoms in total. The largest absolute Gasteiger partial charge is 0.439 e. The van der Waals surface area contributed by atoms with Crippen LogP contribution in [0.25, 0.3) is 0 Å². The summed E-state index contributed by atoms with van der Waals surface area (Å²) in [5, 5.41) is 4.33. The lowest BCUT2D eigenvalue weighted by atomic mass is 9.77. The first kappa shape index (κ1) is 23.8. The summed E-state index contributed by atoms with van der Waals surface area (Å²) in [5.74, 6) is 3.50. The number of ether oxygens (including phenoxy) is 1. The van der Waals surface area contributed by atoms with Crippen LogP contribution in [0.1, 0.15) is 80.6 Å². The van der Waals surface area contributed by atoms with Crippen LogP contribution in [0.15, 0.2) is 57.8 Å². The number of hydrogen-bond acceptors (Lipinski definition) is 4. The lowest BCUT2D eigenvalue weighted by Crippen LogP contribution is -3.13. The van der Waals surface area contributed by atoms with Gasteiger partial charge in [0, 0.05) is 6.42 Å². The van der Waals surface area contributed by atoms with Gasteiger partial charge in [-0.05, 0) is 52.6 Å². The van der Waals surface area contributed by atoms with Crippen LogP contribution < -0.4 is 4.90 Å². The zero-order chi connectivity index (χ0) is 23.2. The summed E-state index contributed by atoms with van der Waals surface area (Å²) in [6.45, 7) is 6.15. The van der Waals surface area contributed by atoms with E-state index in [0.717, 1.165) is 31.3 Å². The number of hydrogen-bond donors (Lipinski definition) is 1. The van der Waals surface area contributed by atoms with Crippen molar-refractivity contribution < 1.29 is 14.1 Å². The van der Waals surface area contributed by atoms with E-state index in [9.17, 15) is 0 Å². The zero-order valence-corrected chi connectivity index (χ0v) is 21.3. The normalized spacial score (nSPS) is 24.8. The average molecular weight is 480 g/mol. The summed E-state index contributed by atoms with van der Waals surface area (Å²) in [5.41, 5.74) is 2.64. The molecule has 1 saturated heterocycles. The van der Waals surface area contributed by atoms with Crippen molar-refractivity contribution in [2.45, 2.75) is 77.0 Å². The van der Waals surface area contributed by atoms with Crippen LogP contribution in [0, 0.1) is 11.8 Å². The van der Waals surface area contributed by atoms with Gasteiger partial charge in [0.1, 0.15) is 19.2 Å². The highest BCUT2D eigenvalue weighted by Crippen LogP contribution is 2.40. The van der Waals surface area contributed by atoms with Gasteiger partial charge in [-0.2, -0.15) is 11.3 Å². The Bertz CT molecular complexity index is 981. The van der Waals surface area contributed by atoms with Crippen LogP contribution in [0.4, 0.5) is 0 Å². The summed E-state index contributed by atoms with van der Waals surface area (Å²) in [6, 6.07) is 13.1. The van der Waals surface area contributed by atoms with E-state index in [4.69, 9.17) is 14.1 Å². The molecule has 3 aromatic rings. The molecule has 1 aliphatic heterocycles. The molecule has 2 aromatic heterocycles. The molecule has 2 aliphatic rings. The van der Waals surface area contributed by atoms with E-state index in [0.29, 0.717) is 17.9 Å². The topological polar surface area (TPSA) is 39.7 Å². The second-order valence-corrected chi connectivity index (χ2v) is 11.1. The Kier molecular flexibility index (Phi) is 8.15. The van der Waals surface area contributed by atoms with E-state index in [-0.39, 0.29) is 5.92 Å². The number of rotatable bonds is 9. The van der Waals surface area contributed by atoms with Crippen LogP contribution in [-0.2, 0) is 17.9 Å². The fourth-order valence-corrected chi connectivity index (χ4v) is 6.72. The lowest BCUT2D eigenvalue weighted by molar-refractivity contribution is -0.924. The summed E-state index contributed by atoms with van der Waals surface area (Å²) in [6.07, 6.45) is 11.3. The molecule has 1 N–H and O–H groups in total. The molecule has 0 amide bonds. The highest BCUT2D eigenvalue weighted by molar-refractivity contribution is 7.07. The van der Waals surface area contributed by atoms with Crippen molar-refractivity contribution in [3.05, 3.63) is 76.1 Å². The van der Waals surface area contributed by atoms with Gasteiger partial charge in [0.25, 0.3) is 0 Å². The van der Waals surface area contributed by atoms with Gasteiger partial charge in [0.15, 0.2) is 5.76 Å². The summed E-state index contributed by atoms with van der Waals surface area (Å²) >= 11 is 1.74. The fourth-order valence-electron chi connectivity index (χ4n) is 6.07. The van der Waals surface area contributed by atoms with Crippen LogP contribution >= 0.6 is 11.3 Å². The third kappa shape index (κ3) is 5.81. The minimum absolute atomic E-state index is 0.276. The summed E-state index contributed by atoms with van der Waals surface area (Å²) < 4.78 is 12.9. The maximum Gasteiger partial charge on any atom is 0.202 e. The summed E-state index contributed by atoms with van der Waals surface area (Å²) in [4.78, 5) is 6.40. The first-order valence-corrected chi connectivity index (χ1v) is 14.2. The lowest BCUT2D eigenvalue weighted by Gasteiger charge is -2.35. The monoisotopic (exact) mass is 479 g/mol. The van der Waals surface area contributed by atoms with Crippen molar-refractivity contribution in [1.29, 1.82) is 0 Å². The molecule has 0 radical (unpaired) electrons. The van der Waals surface area contributed by atoms with Gasteiger partial charge < -0.3 is 14.1 Å². The molecule has 4 unspecified atom stereocenters. The second kappa shape index (κ2) is 11.7. The smallest absolute Gasteiger partial charge is 0.202 e. The molecule has 1 aromatic carbocycles. The number of benzene rings is 1. The number of nitrogens with one attached hydrogen (secondary N) is 1. The number of nitrogens with zero attached hydrogens (tertiary/aromatic N) is 1. The third-order valence-electron chi connectivity index (χ3n) is 7.99. The Morgan fingerprint density at radius 3 is 2.74 bits per heavy atom. The Balaban J connectivity index is 1.26. The quantitative estimate of drug-likeness (QED) is 0.419. The van der Waals surface area contributed by atoms with Crippen molar-refractivity contribution >= 4 is 11.3 Å². The first-order valence-electron chi connectivity index (χ1n) is 13.3. The Morgan fingerprint density at radius 2 is 1.97 bits per heavy atom. The van der Waals surface area contributed by atoms with Crippen LogP contribution in [-0.4, -0.2) is 24.2 Å². The fraction of sp³-hybridized carbons (Fsp3) is 0.552. The molecule has 34 heavy (non-hydrogen) atoms. The molecule has 0 bridgehead atoms. The minimum Gasteiger partial charge on any atom is -0.439 e. The molecule has 2 fully saturated rings. The van der Waals surface area contributed by atoms with Crippen molar-refractivity contribution in [2.24, 2.45) is 11.8 Å². The molecule has 4 atom stereocenters. The predicted octanol–water partition coefficient (Wildman–Crippen LogP) is 5.85. The number of aromatic nitrogens is 1. The van der Waals surface area contributed by atoms with E-state index in [1.165, 1.54) is 62.6 Å². The summed E-state index contributed by atoms with van der Waals surface area (Å²) in [7, 11) is 0. The Hall–Kier alpha value is -1.95. The Morgan fingerprint density at radius 1 is 1.12 bits per heavy atom. The number of piperidine rings is 1. The third-order valence-corrected chi connectivity index (χ3v) is 8.73. The van der Waals surface area contributed by atoms with E-state index in [2.05, 4.69) is 54.1 Å². The molecule has 182 valence electrons. The van der Waals surface area contributed by atoms with E-state index >= 15 is 0 Å². The van der Waals surface area contributed by atoms with E-state index < -0.39 is 0 Å². The van der Waals surface area contributed by atoms with Crippen LogP contribution in [0.2, 0.25) is 0 Å². The van der Waals surface area contributed by atoms with Gasteiger partial charge in [-0.25, -0.2) is 4.98 Å². The molecule has 3 heterocycles. The molecule has 0 spiro atoms. The predicted molar refractivity (Wildman–Crippen MR) is 137 cm³/mol. The van der Waals surface area contributed by atoms with Gasteiger partial charge >= 0.3 is 0 Å². The molecular weight excluding hydrogens is 440 g/mol. The zero-order valence-electron chi connectivity index (χ0n) is 20.5. The number of quaternary nitrogens is 1. The van der Waals surface area contributed by atoms with Gasteiger partial charge in [-0.3, -0.25) is 0 Å². The van der Waals surface area contributed by atoms with E-state index in [1.807, 2.05) is 6.20 Å². The maximum absolute atomic E-state index is 6.49. The molecule has 5 rings (SSSR count). The maximum atomic E-state index is 6.49. The van der Waals surface area contributed by atoms with Crippen molar-refractivity contribution in [3.8, 4) is 0 Å². The van der Waals surface area contributed by atoms with Gasteiger partial charge in [0.2, 0.25) is 5.89 Å². The van der Waals surface area contributed by atoms with E-state index in [1.54, 1.807) is 16.2 Å². The number of thiophene rings is 1. The van der Waals surface area contributed by atoms with Gasteiger partial charge in [-0.1, -0.05) is 62.9 Å². The van der Waals surface area contributed by atoms with Crippen molar-refractivity contribution in [2.75, 3.05) is 13.1 Å². The number of oxazole rings is 1. The molecule has 1 aliphatic carbocycles. The van der Waals surface area contributed by atoms with Crippen molar-refractivity contribution in [3.63, 3.8) is 0 Å². The SMILES string of the molecule is CCC1CC[NH+](Cc2cnc(C(c3ccccc3)C3CCCCC3)o2)CC1OCc1ccsc1. The average Bonchev–Trinajstić information content (AvgIpc) is 3.57. The minimum atomic E-state index is 0.276. The highest BCUT2D eigenvalue weighted by atomic mass is 32.1. The van der Waals surface area contributed by atoms with Gasteiger partial charge in [-0.15, -0.1) is 0 Å². The van der Waals surface area contributed by atoms with Crippen LogP contribution in [0.3, 0.4) is 0 Å². The van der Waals surface area contributed by atoms with Crippen molar-refractivity contribution in [1.82, 2.24) is 4.98 Å². The van der Waals surface area contributed by atoms with Crippen LogP contribution in [0.5, 0.6) is 0 Å². The number of likely N-dealkylation sites (tertiary alicyclic amines) is 1. The first-order chi connectivity index (χ1) is 16.8. The van der Waals surface area contributed by atoms with Gasteiger partial charge in [0.05, 0.1) is 25.3 Å². The Labute approximate surface area is 208 Å². The molecule has 1 saturated carbocycles. The molecular formula is C29H39N2O2S+.